The molecule has 0 amide bonds. The number of aryl methyl sites for hydroxylation is 2. The molecule has 2 rings (SSSR count). The van der Waals surface area contributed by atoms with E-state index >= 15 is 0 Å². The first-order valence-electron chi connectivity index (χ1n) is 4.47. The van der Waals surface area contributed by atoms with E-state index in [-0.39, 0.29) is 10.8 Å². The standard InChI is InChI=1S/C9H9Cl2N3O/c1-3-14-5-4-6(10)12-8(11)7(5)13(2)9(14)15/h4H,3H2,1-2H3. The van der Waals surface area contributed by atoms with E-state index in [0.717, 1.165) is 5.52 Å². The Morgan fingerprint density at radius 3 is 2.73 bits per heavy atom. The van der Waals surface area contributed by atoms with Crippen molar-refractivity contribution in [2.24, 2.45) is 7.05 Å². The van der Waals surface area contributed by atoms with Crippen LogP contribution < -0.4 is 5.69 Å². The van der Waals surface area contributed by atoms with E-state index in [1.807, 2.05) is 6.92 Å². The van der Waals surface area contributed by atoms with Crippen LogP contribution in [0.2, 0.25) is 10.3 Å². The highest BCUT2D eigenvalue weighted by Crippen LogP contribution is 2.23. The van der Waals surface area contributed by atoms with Gasteiger partial charge in [0.1, 0.15) is 10.7 Å². The summed E-state index contributed by atoms with van der Waals surface area (Å²) in [5, 5.41) is 0.546. The molecule has 0 aromatic carbocycles. The molecule has 0 aliphatic carbocycles. The Kier molecular flexibility index (Phi) is 2.48. The Bertz CT molecular complexity index is 585. The topological polar surface area (TPSA) is 39.8 Å². The first-order chi connectivity index (χ1) is 7.06. The normalized spacial score (nSPS) is 11.2. The summed E-state index contributed by atoms with van der Waals surface area (Å²) in [5.74, 6) is 0. The molecular weight excluding hydrogens is 237 g/mol. The van der Waals surface area contributed by atoms with Crippen LogP contribution in [0.15, 0.2) is 10.9 Å². The molecule has 0 saturated heterocycles. The van der Waals surface area contributed by atoms with Crippen molar-refractivity contribution >= 4 is 34.2 Å². The second kappa shape index (κ2) is 3.54. The third kappa shape index (κ3) is 1.44. The second-order valence-electron chi connectivity index (χ2n) is 3.19. The van der Waals surface area contributed by atoms with E-state index in [2.05, 4.69) is 4.98 Å². The smallest absolute Gasteiger partial charge is 0.292 e. The van der Waals surface area contributed by atoms with Gasteiger partial charge >= 0.3 is 5.69 Å². The van der Waals surface area contributed by atoms with E-state index in [9.17, 15) is 4.79 Å². The van der Waals surface area contributed by atoms with Gasteiger partial charge in [-0.15, -0.1) is 0 Å². The Balaban J connectivity index is 3.04. The molecular formula is C9H9Cl2N3O. The highest BCUT2D eigenvalue weighted by molar-refractivity contribution is 6.36. The molecule has 0 saturated carbocycles. The highest BCUT2D eigenvalue weighted by Gasteiger charge is 2.14. The van der Waals surface area contributed by atoms with Crippen LogP contribution in [0, 0.1) is 0 Å². The molecule has 2 heterocycles. The van der Waals surface area contributed by atoms with Crippen LogP contribution in [0.5, 0.6) is 0 Å². The minimum absolute atomic E-state index is 0.113. The van der Waals surface area contributed by atoms with Crippen molar-refractivity contribution in [3.05, 3.63) is 26.9 Å². The number of imidazole rings is 1. The minimum Gasteiger partial charge on any atom is -0.292 e. The van der Waals surface area contributed by atoms with Crippen LogP contribution in [-0.2, 0) is 13.6 Å². The van der Waals surface area contributed by atoms with E-state index < -0.39 is 0 Å². The zero-order valence-corrected chi connectivity index (χ0v) is 9.80. The SMILES string of the molecule is CCn1c(=O)n(C)c2c(Cl)nc(Cl)cc21. The van der Waals surface area contributed by atoms with Gasteiger partial charge in [-0.05, 0) is 6.92 Å². The number of rotatable bonds is 1. The Labute approximate surface area is 96.0 Å². The quantitative estimate of drug-likeness (QED) is 0.722. The number of hydrogen-bond acceptors (Lipinski definition) is 2. The lowest BCUT2D eigenvalue weighted by Gasteiger charge is -1.99. The molecule has 0 N–H and O–H groups in total. The van der Waals surface area contributed by atoms with Crippen molar-refractivity contribution in [3.63, 3.8) is 0 Å². The Hall–Kier alpha value is -1.000. The van der Waals surface area contributed by atoms with Crippen molar-refractivity contribution in [1.29, 1.82) is 0 Å². The van der Waals surface area contributed by atoms with Gasteiger partial charge < -0.3 is 0 Å². The fourth-order valence-corrected chi connectivity index (χ4v) is 2.21. The van der Waals surface area contributed by atoms with Crippen molar-refractivity contribution in [3.8, 4) is 0 Å². The van der Waals surface area contributed by atoms with E-state index in [0.29, 0.717) is 17.2 Å². The van der Waals surface area contributed by atoms with E-state index in [1.165, 1.54) is 4.57 Å². The van der Waals surface area contributed by atoms with Crippen LogP contribution in [-0.4, -0.2) is 14.1 Å². The highest BCUT2D eigenvalue weighted by atomic mass is 35.5. The van der Waals surface area contributed by atoms with Gasteiger partial charge in [0.05, 0.1) is 5.52 Å². The van der Waals surface area contributed by atoms with Crippen molar-refractivity contribution in [1.82, 2.24) is 14.1 Å². The lowest BCUT2D eigenvalue weighted by Crippen LogP contribution is -2.21. The third-order valence-electron chi connectivity index (χ3n) is 2.36. The summed E-state index contributed by atoms with van der Waals surface area (Å²) in [6.07, 6.45) is 0. The second-order valence-corrected chi connectivity index (χ2v) is 3.93. The predicted molar refractivity (Wildman–Crippen MR) is 60.7 cm³/mol. The average molecular weight is 246 g/mol. The summed E-state index contributed by atoms with van der Waals surface area (Å²) >= 11 is 11.7. The van der Waals surface area contributed by atoms with Gasteiger partial charge in [0.25, 0.3) is 0 Å². The van der Waals surface area contributed by atoms with Crippen molar-refractivity contribution in [2.45, 2.75) is 13.5 Å². The van der Waals surface area contributed by atoms with E-state index in [4.69, 9.17) is 23.2 Å². The summed E-state index contributed by atoms with van der Waals surface area (Å²) in [5.41, 5.74) is 1.22. The molecule has 80 valence electrons. The molecule has 4 nitrogen and oxygen atoms in total. The molecule has 0 spiro atoms. The molecule has 6 heteroatoms. The summed E-state index contributed by atoms with van der Waals surface area (Å²) in [6, 6.07) is 1.65. The zero-order valence-electron chi connectivity index (χ0n) is 8.29. The number of pyridine rings is 1. The van der Waals surface area contributed by atoms with Gasteiger partial charge in [0.2, 0.25) is 0 Å². The van der Waals surface area contributed by atoms with Gasteiger partial charge in [-0.1, -0.05) is 23.2 Å². The molecule has 0 atom stereocenters. The summed E-state index contributed by atoms with van der Waals surface area (Å²) in [4.78, 5) is 15.7. The number of halogens is 2. The summed E-state index contributed by atoms with van der Waals surface area (Å²) in [6.45, 7) is 2.47. The summed E-state index contributed by atoms with van der Waals surface area (Å²) < 4.78 is 3.08. The Morgan fingerprint density at radius 2 is 2.13 bits per heavy atom. The monoisotopic (exact) mass is 245 g/mol. The van der Waals surface area contributed by atoms with Crippen LogP contribution in [0.25, 0.3) is 11.0 Å². The number of aromatic nitrogens is 3. The van der Waals surface area contributed by atoms with Gasteiger partial charge in [0, 0.05) is 19.7 Å². The fourth-order valence-electron chi connectivity index (χ4n) is 1.67. The van der Waals surface area contributed by atoms with Gasteiger partial charge in [-0.25, -0.2) is 9.78 Å². The largest absolute Gasteiger partial charge is 0.328 e. The van der Waals surface area contributed by atoms with E-state index in [1.54, 1.807) is 17.7 Å². The maximum Gasteiger partial charge on any atom is 0.328 e. The Morgan fingerprint density at radius 1 is 1.47 bits per heavy atom. The number of hydrogen-bond donors (Lipinski definition) is 0. The molecule has 0 radical (unpaired) electrons. The first-order valence-corrected chi connectivity index (χ1v) is 5.23. The van der Waals surface area contributed by atoms with Crippen molar-refractivity contribution in [2.75, 3.05) is 0 Å². The molecule has 15 heavy (non-hydrogen) atoms. The van der Waals surface area contributed by atoms with Crippen LogP contribution in [0.1, 0.15) is 6.92 Å². The van der Waals surface area contributed by atoms with Crippen LogP contribution in [0.3, 0.4) is 0 Å². The molecule has 0 bridgehead atoms. The first kappa shape index (κ1) is 10.5. The predicted octanol–water partition coefficient (Wildman–Crippen LogP) is 2.06. The molecule has 2 aromatic heterocycles. The maximum absolute atomic E-state index is 11.8. The van der Waals surface area contributed by atoms with Crippen molar-refractivity contribution < 1.29 is 0 Å². The number of fused-ring (bicyclic) bond motifs is 1. The molecule has 0 fully saturated rings. The lowest BCUT2D eigenvalue weighted by atomic mass is 10.4. The molecule has 0 aliphatic rings. The molecule has 0 unspecified atom stereocenters. The third-order valence-corrected chi connectivity index (χ3v) is 2.82. The van der Waals surface area contributed by atoms with Crippen LogP contribution in [0.4, 0.5) is 0 Å². The van der Waals surface area contributed by atoms with Gasteiger partial charge in [-0.3, -0.25) is 9.13 Å². The van der Waals surface area contributed by atoms with Gasteiger partial charge in [-0.2, -0.15) is 0 Å². The zero-order chi connectivity index (χ0) is 11.2. The fraction of sp³-hybridized carbons (Fsp3) is 0.333. The maximum atomic E-state index is 11.8. The van der Waals surface area contributed by atoms with Crippen LogP contribution >= 0.6 is 23.2 Å². The average Bonchev–Trinajstić information content (AvgIpc) is 2.39. The minimum atomic E-state index is -0.113. The lowest BCUT2D eigenvalue weighted by molar-refractivity contribution is 0.712. The molecule has 2 aromatic rings. The summed E-state index contributed by atoms with van der Waals surface area (Å²) in [7, 11) is 1.66. The number of nitrogens with zero attached hydrogens (tertiary/aromatic N) is 3. The van der Waals surface area contributed by atoms with Gasteiger partial charge in [0.15, 0.2) is 5.15 Å². The molecule has 0 aliphatic heterocycles.